The predicted octanol–water partition coefficient (Wildman–Crippen LogP) is -0.350. The fraction of sp³-hybridized carbons (Fsp3) is 0.750. The van der Waals surface area contributed by atoms with Crippen molar-refractivity contribution in [1.29, 1.82) is 0 Å². The van der Waals surface area contributed by atoms with Crippen LogP contribution in [0.5, 0.6) is 0 Å². The van der Waals surface area contributed by atoms with Gasteiger partial charge in [-0.25, -0.2) is 4.79 Å². The molecule has 0 radical (unpaired) electrons. The Morgan fingerprint density at radius 3 is 2.10 bits per heavy atom. The van der Waals surface area contributed by atoms with E-state index in [0.717, 1.165) is 17.7 Å². The number of nitrogens with one attached hydrogen (secondary N) is 1. The number of hydrogen-bond donors (Lipinski definition) is 3. The molecule has 1 rings (SSSR count). The Hall–Kier alpha value is -1.83. The second-order valence-corrected chi connectivity index (χ2v) is 5.08. The Morgan fingerprint density at radius 2 is 1.70 bits per heavy atom. The van der Waals surface area contributed by atoms with E-state index in [1.54, 1.807) is 0 Å². The van der Waals surface area contributed by atoms with Gasteiger partial charge in [-0.2, -0.15) is 0 Å². The topological polar surface area (TPSA) is 110 Å². The summed E-state index contributed by atoms with van der Waals surface area (Å²) in [5, 5.41) is 19.9. The molecule has 3 N–H and O–H groups in total. The van der Waals surface area contributed by atoms with E-state index < -0.39 is 31.1 Å². The first kappa shape index (κ1) is 16.2. The maximum absolute atomic E-state index is 11.8. The number of amides is 2. The molecule has 1 aliphatic rings. The molecular formula is C12H21N3O5. The van der Waals surface area contributed by atoms with Gasteiger partial charge in [0.1, 0.15) is 13.1 Å². The monoisotopic (exact) mass is 287 g/mol. The molecule has 0 bridgehead atoms. The van der Waals surface area contributed by atoms with Crippen LogP contribution in [0.4, 0.5) is 4.79 Å². The third-order valence-electron chi connectivity index (χ3n) is 3.31. The maximum Gasteiger partial charge on any atom is 0.323 e. The van der Waals surface area contributed by atoms with Crippen LogP contribution in [0.2, 0.25) is 0 Å². The lowest BCUT2D eigenvalue weighted by atomic mass is 10.3. The molecular weight excluding hydrogens is 266 g/mol. The average molecular weight is 287 g/mol. The van der Waals surface area contributed by atoms with Gasteiger partial charge < -0.3 is 20.4 Å². The van der Waals surface area contributed by atoms with Crippen molar-refractivity contribution in [2.45, 2.75) is 31.8 Å². The van der Waals surface area contributed by atoms with E-state index in [1.165, 1.54) is 0 Å². The zero-order valence-electron chi connectivity index (χ0n) is 11.7. The van der Waals surface area contributed by atoms with E-state index in [0.29, 0.717) is 12.6 Å². The molecule has 0 spiro atoms. The zero-order valence-corrected chi connectivity index (χ0v) is 11.7. The fourth-order valence-electron chi connectivity index (χ4n) is 1.86. The molecule has 1 atom stereocenters. The van der Waals surface area contributed by atoms with Gasteiger partial charge in [0.05, 0.1) is 0 Å². The molecule has 20 heavy (non-hydrogen) atoms. The van der Waals surface area contributed by atoms with Gasteiger partial charge in [-0.1, -0.05) is 0 Å². The number of carboxylic acid groups (broad SMARTS) is 2. The number of carbonyl (C=O) groups is 3. The van der Waals surface area contributed by atoms with Crippen LogP contribution in [0.1, 0.15) is 19.8 Å². The zero-order chi connectivity index (χ0) is 15.3. The molecule has 1 unspecified atom stereocenters. The molecule has 0 aromatic rings. The lowest BCUT2D eigenvalue weighted by Gasteiger charge is -2.26. The largest absolute Gasteiger partial charge is 0.480 e. The third kappa shape index (κ3) is 5.43. The highest BCUT2D eigenvalue weighted by molar-refractivity contribution is 5.84. The standard InChI is InChI=1S/C12H21N3O5/c1-8(14(2)9-3-4-9)5-13-12(20)15(6-10(16)17)7-11(18)19/h8-9H,3-7H2,1-2H3,(H,13,20)(H,16,17)(H,18,19). The summed E-state index contributed by atoms with van der Waals surface area (Å²) in [5.41, 5.74) is 0. The highest BCUT2D eigenvalue weighted by Gasteiger charge is 2.29. The molecule has 114 valence electrons. The summed E-state index contributed by atoms with van der Waals surface area (Å²) in [5.74, 6) is -2.49. The number of aliphatic carboxylic acids is 2. The van der Waals surface area contributed by atoms with Crippen molar-refractivity contribution in [3.63, 3.8) is 0 Å². The molecule has 8 heteroatoms. The van der Waals surface area contributed by atoms with Gasteiger partial charge in [0, 0.05) is 18.6 Å². The number of rotatable bonds is 8. The normalized spacial score (nSPS) is 15.8. The molecule has 1 fully saturated rings. The number of hydrogen-bond acceptors (Lipinski definition) is 4. The van der Waals surface area contributed by atoms with Gasteiger partial charge in [-0.3, -0.25) is 14.5 Å². The molecule has 1 saturated carbocycles. The van der Waals surface area contributed by atoms with Gasteiger partial charge >= 0.3 is 18.0 Å². The van der Waals surface area contributed by atoms with Crippen molar-refractivity contribution in [2.75, 3.05) is 26.7 Å². The number of carboxylic acids is 2. The number of carbonyl (C=O) groups excluding carboxylic acids is 1. The Labute approximate surface area is 117 Å². The SMILES string of the molecule is CC(CNC(=O)N(CC(=O)O)CC(=O)O)N(C)C1CC1. The summed E-state index contributed by atoms with van der Waals surface area (Å²) >= 11 is 0. The van der Waals surface area contributed by atoms with Crippen LogP contribution < -0.4 is 5.32 Å². The van der Waals surface area contributed by atoms with Gasteiger partial charge in [0.25, 0.3) is 0 Å². The molecule has 0 aliphatic heterocycles. The number of urea groups is 1. The molecule has 0 aromatic carbocycles. The van der Waals surface area contributed by atoms with Gasteiger partial charge in [-0.15, -0.1) is 0 Å². The smallest absolute Gasteiger partial charge is 0.323 e. The molecule has 8 nitrogen and oxygen atoms in total. The first-order chi connectivity index (χ1) is 9.31. The van der Waals surface area contributed by atoms with Crippen LogP contribution in [-0.4, -0.2) is 76.7 Å². The van der Waals surface area contributed by atoms with Crippen LogP contribution in [0.25, 0.3) is 0 Å². The summed E-state index contributed by atoms with van der Waals surface area (Å²) in [6.45, 7) is 1.04. The van der Waals surface area contributed by atoms with E-state index in [2.05, 4.69) is 10.2 Å². The minimum absolute atomic E-state index is 0.114. The third-order valence-corrected chi connectivity index (χ3v) is 3.31. The van der Waals surface area contributed by atoms with Crippen molar-refractivity contribution < 1.29 is 24.6 Å². The summed E-state index contributed by atoms with van der Waals surface area (Å²) in [6, 6.07) is -0.00940. The highest BCUT2D eigenvalue weighted by atomic mass is 16.4. The van der Waals surface area contributed by atoms with Crippen LogP contribution >= 0.6 is 0 Å². The van der Waals surface area contributed by atoms with Gasteiger partial charge in [0.15, 0.2) is 0 Å². The van der Waals surface area contributed by atoms with Crippen LogP contribution in [0.15, 0.2) is 0 Å². The second kappa shape index (κ2) is 7.09. The molecule has 0 heterocycles. The summed E-state index contributed by atoms with van der Waals surface area (Å²) in [7, 11) is 1.97. The lowest BCUT2D eigenvalue weighted by molar-refractivity contribution is -0.140. The Morgan fingerprint density at radius 1 is 1.20 bits per heavy atom. The van der Waals surface area contributed by atoms with Gasteiger partial charge in [0.2, 0.25) is 0 Å². The molecule has 0 aromatic heterocycles. The number of nitrogens with zero attached hydrogens (tertiary/aromatic N) is 2. The molecule has 2 amide bonds. The van der Waals surface area contributed by atoms with Crippen molar-refractivity contribution in [3.05, 3.63) is 0 Å². The minimum atomic E-state index is -1.25. The van der Waals surface area contributed by atoms with E-state index in [1.807, 2.05) is 14.0 Å². The Kier molecular flexibility index (Phi) is 5.75. The molecule has 0 saturated heterocycles. The molecule has 1 aliphatic carbocycles. The number of likely N-dealkylation sites (N-methyl/N-ethyl adjacent to an activating group) is 1. The van der Waals surface area contributed by atoms with Crippen molar-refractivity contribution in [1.82, 2.24) is 15.1 Å². The first-order valence-electron chi connectivity index (χ1n) is 6.49. The summed E-state index contributed by atoms with van der Waals surface area (Å²) in [4.78, 5) is 35.9. The maximum atomic E-state index is 11.8. The summed E-state index contributed by atoms with van der Waals surface area (Å²) < 4.78 is 0. The van der Waals surface area contributed by atoms with E-state index >= 15 is 0 Å². The lowest BCUT2D eigenvalue weighted by Crippen LogP contribution is -2.49. The average Bonchev–Trinajstić information content (AvgIpc) is 3.16. The van der Waals surface area contributed by atoms with E-state index in [-0.39, 0.29) is 6.04 Å². The van der Waals surface area contributed by atoms with Gasteiger partial charge in [-0.05, 0) is 26.8 Å². The van der Waals surface area contributed by atoms with E-state index in [4.69, 9.17) is 10.2 Å². The minimum Gasteiger partial charge on any atom is -0.480 e. The van der Waals surface area contributed by atoms with Crippen molar-refractivity contribution >= 4 is 18.0 Å². The van der Waals surface area contributed by atoms with Crippen LogP contribution in [-0.2, 0) is 9.59 Å². The van der Waals surface area contributed by atoms with Crippen molar-refractivity contribution in [3.8, 4) is 0 Å². The second-order valence-electron chi connectivity index (χ2n) is 5.08. The van der Waals surface area contributed by atoms with Crippen LogP contribution in [0.3, 0.4) is 0 Å². The predicted molar refractivity (Wildman–Crippen MR) is 70.5 cm³/mol. The van der Waals surface area contributed by atoms with Crippen molar-refractivity contribution in [2.24, 2.45) is 0 Å². The quantitative estimate of drug-likeness (QED) is 0.563. The summed E-state index contributed by atoms with van der Waals surface area (Å²) in [6.07, 6.45) is 2.30. The fourth-order valence-corrected chi connectivity index (χ4v) is 1.86. The Balaban J connectivity index is 2.43. The highest BCUT2D eigenvalue weighted by Crippen LogP contribution is 2.26. The first-order valence-corrected chi connectivity index (χ1v) is 6.49. The van der Waals surface area contributed by atoms with E-state index in [9.17, 15) is 14.4 Å². The van der Waals surface area contributed by atoms with Crippen LogP contribution in [0, 0.1) is 0 Å². The Bertz CT molecular complexity index is 367.